The molecule has 0 radical (unpaired) electrons. The lowest BCUT2D eigenvalue weighted by Crippen LogP contribution is -2.27. The van der Waals surface area contributed by atoms with Gasteiger partial charge in [0.05, 0.1) is 12.7 Å². The Labute approximate surface area is 187 Å². The standard InChI is InChI=1S/C25H40O6/c1-22(27)18-16-14-12-10-8-6-4-3-5-7-9-11-13-15-17-19-25(29)30-21-24(20-26)31-23(2)28/h4-7,10-13,22,24,26-27H,3,8-9,14-21H2,1-2H3/b6-4-,7-5-,12-10-,13-11-/t22-,24+/m1/s1. The number of hydrogen-bond acceptors (Lipinski definition) is 6. The molecule has 0 unspecified atom stereocenters. The first-order valence-electron chi connectivity index (χ1n) is 11.2. The summed E-state index contributed by atoms with van der Waals surface area (Å²) in [7, 11) is 0. The highest BCUT2D eigenvalue weighted by molar-refractivity contribution is 5.69. The van der Waals surface area contributed by atoms with Gasteiger partial charge in [0, 0.05) is 13.3 Å². The molecule has 0 fully saturated rings. The molecule has 0 aliphatic heterocycles. The average Bonchev–Trinajstić information content (AvgIpc) is 2.72. The van der Waals surface area contributed by atoms with E-state index in [9.17, 15) is 9.59 Å². The summed E-state index contributed by atoms with van der Waals surface area (Å²) < 4.78 is 9.79. The second kappa shape index (κ2) is 21.1. The van der Waals surface area contributed by atoms with Crippen molar-refractivity contribution in [2.45, 2.75) is 83.8 Å². The highest BCUT2D eigenvalue weighted by atomic mass is 16.6. The van der Waals surface area contributed by atoms with Crippen molar-refractivity contribution in [2.75, 3.05) is 13.2 Å². The van der Waals surface area contributed by atoms with Crippen molar-refractivity contribution < 1.29 is 29.3 Å². The Morgan fingerprint density at radius 2 is 1.39 bits per heavy atom. The van der Waals surface area contributed by atoms with E-state index in [4.69, 9.17) is 19.7 Å². The molecule has 0 aromatic rings. The lowest BCUT2D eigenvalue weighted by Gasteiger charge is -2.14. The maximum atomic E-state index is 11.6. The van der Waals surface area contributed by atoms with Gasteiger partial charge in [0.15, 0.2) is 6.10 Å². The molecule has 0 aromatic carbocycles. The summed E-state index contributed by atoms with van der Waals surface area (Å²) in [5.74, 6) is -0.876. The second-order valence-electron chi connectivity index (χ2n) is 7.36. The van der Waals surface area contributed by atoms with E-state index in [1.807, 2.05) is 13.0 Å². The van der Waals surface area contributed by atoms with E-state index in [0.29, 0.717) is 6.42 Å². The molecule has 0 saturated carbocycles. The predicted molar refractivity (Wildman–Crippen MR) is 123 cm³/mol. The van der Waals surface area contributed by atoms with Crippen molar-refractivity contribution in [1.82, 2.24) is 0 Å². The molecule has 2 atom stereocenters. The number of ether oxygens (including phenoxy) is 2. The Balaban J connectivity index is 3.63. The van der Waals surface area contributed by atoms with Crippen LogP contribution in [0.15, 0.2) is 48.6 Å². The number of esters is 2. The molecule has 0 aliphatic carbocycles. The summed E-state index contributed by atoms with van der Waals surface area (Å²) in [6.07, 6.45) is 23.4. The quantitative estimate of drug-likeness (QED) is 0.186. The molecule has 0 heterocycles. The molecule has 6 nitrogen and oxygen atoms in total. The SMILES string of the molecule is CC(=O)O[C@@H](CO)COC(=O)CCC/C=C\C/C=C\C/C=C\C/C=C\CCC[C@@H](C)O. The Morgan fingerprint density at radius 3 is 1.87 bits per heavy atom. The summed E-state index contributed by atoms with van der Waals surface area (Å²) in [6, 6.07) is 0. The molecule has 6 heteroatoms. The van der Waals surface area contributed by atoms with Crippen LogP contribution >= 0.6 is 0 Å². The van der Waals surface area contributed by atoms with Crippen molar-refractivity contribution in [3.05, 3.63) is 48.6 Å². The molecular formula is C25H40O6. The van der Waals surface area contributed by atoms with Crippen molar-refractivity contribution in [1.29, 1.82) is 0 Å². The molecule has 0 aliphatic rings. The normalized spacial score (nSPS) is 14.1. The van der Waals surface area contributed by atoms with E-state index >= 15 is 0 Å². The van der Waals surface area contributed by atoms with E-state index in [1.165, 1.54) is 6.92 Å². The summed E-state index contributed by atoms with van der Waals surface area (Å²) in [5, 5.41) is 18.2. The van der Waals surface area contributed by atoms with Gasteiger partial charge in [0.25, 0.3) is 0 Å². The van der Waals surface area contributed by atoms with Crippen LogP contribution in [0, 0.1) is 0 Å². The Morgan fingerprint density at radius 1 is 0.871 bits per heavy atom. The lowest BCUT2D eigenvalue weighted by atomic mass is 10.1. The zero-order valence-electron chi connectivity index (χ0n) is 19.1. The molecule has 0 aromatic heterocycles. The van der Waals surface area contributed by atoms with Crippen molar-refractivity contribution in [3.63, 3.8) is 0 Å². The number of hydrogen-bond donors (Lipinski definition) is 2. The minimum absolute atomic E-state index is 0.121. The van der Waals surface area contributed by atoms with Crippen molar-refractivity contribution in [2.24, 2.45) is 0 Å². The fourth-order valence-corrected chi connectivity index (χ4v) is 2.56. The molecule has 0 bridgehead atoms. The van der Waals surface area contributed by atoms with Crippen molar-refractivity contribution in [3.8, 4) is 0 Å². The molecule has 176 valence electrons. The van der Waals surface area contributed by atoms with Gasteiger partial charge in [-0.15, -0.1) is 0 Å². The summed E-state index contributed by atoms with van der Waals surface area (Å²) >= 11 is 0. The molecular weight excluding hydrogens is 396 g/mol. The number of allylic oxidation sites excluding steroid dienone is 8. The van der Waals surface area contributed by atoms with E-state index < -0.39 is 12.1 Å². The first-order chi connectivity index (χ1) is 15.0. The fraction of sp³-hybridized carbons (Fsp3) is 0.600. The van der Waals surface area contributed by atoms with Crippen LogP contribution in [0.25, 0.3) is 0 Å². The molecule has 0 spiro atoms. The van der Waals surface area contributed by atoms with Crippen LogP contribution in [0.4, 0.5) is 0 Å². The van der Waals surface area contributed by atoms with Crippen LogP contribution in [0.5, 0.6) is 0 Å². The van der Waals surface area contributed by atoms with Gasteiger partial charge in [-0.3, -0.25) is 9.59 Å². The maximum absolute atomic E-state index is 11.6. The summed E-state index contributed by atoms with van der Waals surface area (Å²) in [5.41, 5.74) is 0. The van der Waals surface area contributed by atoms with Gasteiger partial charge in [-0.05, 0) is 58.3 Å². The van der Waals surface area contributed by atoms with Gasteiger partial charge in [-0.1, -0.05) is 48.6 Å². The number of unbranched alkanes of at least 4 members (excludes halogenated alkanes) is 2. The van der Waals surface area contributed by atoms with Crippen LogP contribution in [0.3, 0.4) is 0 Å². The summed E-state index contributed by atoms with van der Waals surface area (Å²) in [4.78, 5) is 22.4. The van der Waals surface area contributed by atoms with E-state index in [1.54, 1.807) is 0 Å². The predicted octanol–water partition coefficient (Wildman–Crippen LogP) is 4.57. The fourth-order valence-electron chi connectivity index (χ4n) is 2.56. The molecule has 0 rings (SSSR count). The first kappa shape index (κ1) is 28.8. The number of aliphatic hydroxyl groups excluding tert-OH is 2. The van der Waals surface area contributed by atoms with Crippen LogP contribution in [0.1, 0.15) is 71.6 Å². The lowest BCUT2D eigenvalue weighted by molar-refractivity contribution is -0.159. The van der Waals surface area contributed by atoms with Gasteiger partial charge in [0.2, 0.25) is 0 Å². The number of rotatable bonds is 18. The third kappa shape index (κ3) is 22.3. The van der Waals surface area contributed by atoms with Crippen LogP contribution in [-0.2, 0) is 19.1 Å². The Kier molecular flexibility index (Phi) is 19.6. The number of carbonyl (C=O) groups excluding carboxylic acids is 2. The minimum atomic E-state index is -0.800. The number of aliphatic hydroxyl groups is 2. The molecule has 31 heavy (non-hydrogen) atoms. The highest BCUT2D eigenvalue weighted by Crippen LogP contribution is 2.03. The smallest absolute Gasteiger partial charge is 0.305 e. The van der Waals surface area contributed by atoms with Crippen LogP contribution in [0.2, 0.25) is 0 Å². The van der Waals surface area contributed by atoms with Gasteiger partial charge < -0.3 is 19.7 Å². The van der Waals surface area contributed by atoms with Gasteiger partial charge in [-0.2, -0.15) is 0 Å². The minimum Gasteiger partial charge on any atom is -0.462 e. The number of carbonyl (C=O) groups is 2. The van der Waals surface area contributed by atoms with Gasteiger partial charge in [0.1, 0.15) is 6.61 Å². The van der Waals surface area contributed by atoms with Gasteiger partial charge in [-0.25, -0.2) is 0 Å². The van der Waals surface area contributed by atoms with E-state index in [2.05, 4.69) is 42.5 Å². The largest absolute Gasteiger partial charge is 0.462 e. The maximum Gasteiger partial charge on any atom is 0.305 e. The highest BCUT2D eigenvalue weighted by Gasteiger charge is 2.13. The molecule has 2 N–H and O–H groups in total. The third-order valence-corrected chi connectivity index (χ3v) is 4.19. The topological polar surface area (TPSA) is 93.1 Å². The Hall–Kier alpha value is -2.18. The Bertz CT molecular complexity index is 575. The third-order valence-electron chi connectivity index (χ3n) is 4.19. The zero-order chi connectivity index (χ0) is 23.2. The summed E-state index contributed by atoms with van der Waals surface area (Å²) in [6.45, 7) is 2.57. The average molecular weight is 437 g/mol. The van der Waals surface area contributed by atoms with Gasteiger partial charge >= 0.3 is 11.9 Å². The second-order valence-corrected chi connectivity index (χ2v) is 7.36. The zero-order valence-corrected chi connectivity index (χ0v) is 19.1. The monoisotopic (exact) mass is 436 g/mol. The van der Waals surface area contributed by atoms with Crippen LogP contribution < -0.4 is 0 Å². The van der Waals surface area contributed by atoms with Crippen molar-refractivity contribution >= 4 is 11.9 Å². The first-order valence-corrected chi connectivity index (χ1v) is 11.2. The van der Waals surface area contributed by atoms with E-state index in [-0.39, 0.29) is 31.7 Å². The van der Waals surface area contributed by atoms with E-state index in [0.717, 1.165) is 44.9 Å². The van der Waals surface area contributed by atoms with Crippen LogP contribution in [-0.4, -0.2) is 47.6 Å². The molecule has 0 amide bonds. The molecule has 0 saturated heterocycles.